The van der Waals surface area contributed by atoms with E-state index in [1.54, 1.807) is 0 Å². The van der Waals surface area contributed by atoms with Crippen molar-refractivity contribution >= 4 is 35.1 Å². The van der Waals surface area contributed by atoms with Crippen LogP contribution in [0.2, 0.25) is 10.0 Å². The molecular weight excluding hydrogens is 459 g/mol. The average molecular weight is 491 g/mol. The maximum absolute atomic E-state index is 9.77. The number of hydrogen-bond acceptors (Lipinski definition) is 6. The van der Waals surface area contributed by atoms with Crippen LogP contribution in [0.25, 0.3) is 0 Å². The zero-order valence-corrected chi connectivity index (χ0v) is 19.4. The monoisotopic (exact) mass is 490 g/mol. The minimum absolute atomic E-state index is 0.720. The Morgan fingerprint density at radius 3 is 2.16 bits per heavy atom. The van der Waals surface area contributed by atoms with Gasteiger partial charge in [-0.05, 0) is 56.0 Å². The van der Waals surface area contributed by atoms with E-state index in [1.807, 2.05) is 12.1 Å². The molecule has 1 aromatic rings. The van der Waals surface area contributed by atoms with E-state index in [9.17, 15) is 9.59 Å². The first-order chi connectivity index (χ1) is 15.2. The molecule has 1 aliphatic heterocycles. The van der Waals surface area contributed by atoms with Crippen molar-refractivity contribution in [3.05, 3.63) is 33.8 Å². The Hall–Kier alpha value is -1.42. The molecule has 1 aliphatic carbocycles. The number of aliphatic hydroxyl groups excluding tert-OH is 2. The van der Waals surface area contributed by atoms with E-state index in [1.165, 1.54) is 57.2 Å². The summed E-state index contributed by atoms with van der Waals surface area (Å²) >= 11 is 12.4. The molecule has 0 aromatic heterocycles. The summed E-state index contributed by atoms with van der Waals surface area (Å²) in [5.74, 6) is -2.75. The van der Waals surface area contributed by atoms with Crippen molar-refractivity contribution in [2.45, 2.75) is 63.3 Å². The summed E-state index contributed by atoms with van der Waals surface area (Å²) in [6, 6.07) is 6.64. The van der Waals surface area contributed by atoms with Gasteiger partial charge >= 0.3 is 11.9 Å². The summed E-state index contributed by atoms with van der Waals surface area (Å²) in [7, 11) is 0. The number of carbonyl (C=O) groups is 2. The topological polar surface area (TPSA) is 130 Å². The fourth-order valence-corrected chi connectivity index (χ4v) is 4.60. The van der Waals surface area contributed by atoms with Gasteiger partial charge in [0.1, 0.15) is 0 Å². The third kappa shape index (κ3) is 8.50. The summed E-state index contributed by atoms with van der Waals surface area (Å²) in [4.78, 5) is 22.2. The number of aliphatic hydroxyl groups is 2. The molecule has 0 bridgehead atoms. The van der Waals surface area contributed by atoms with Crippen LogP contribution in [0.4, 0.5) is 0 Å². The molecule has 3 atom stereocenters. The minimum atomic E-state index is -2.27. The molecule has 10 heteroatoms. The SMILES string of the molecule is Clc1ccc(CN(C[C@H]2CCNC2)C2CCCCC2)c(Cl)c1.O=C(O)[C@H](O)[C@@H](O)C(=O)O. The normalized spacial score (nSPS) is 21.0. The fourth-order valence-electron chi connectivity index (χ4n) is 4.13. The second-order valence-electron chi connectivity index (χ2n) is 8.38. The molecule has 0 unspecified atom stereocenters. The van der Waals surface area contributed by atoms with Gasteiger partial charge < -0.3 is 25.7 Å². The van der Waals surface area contributed by atoms with Crippen molar-refractivity contribution in [3.63, 3.8) is 0 Å². The molecule has 1 heterocycles. The van der Waals surface area contributed by atoms with Gasteiger partial charge in [-0.25, -0.2) is 9.59 Å². The van der Waals surface area contributed by atoms with Crippen LogP contribution in [0, 0.1) is 5.92 Å². The van der Waals surface area contributed by atoms with Gasteiger partial charge in [0.15, 0.2) is 12.2 Å². The highest BCUT2D eigenvalue weighted by Crippen LogP contribution is 2.28. The predicted molar refractivity (Wildman–Crippen MR) is 122 cm³/mol. The number of nitrogens with one attached hydrogen (secondary N) is 1. The van der Waals surface area contributed by atoms with E-state index in [4.69, 9.17) is 43.6 Å². The van der Waals surface area contributed by atoms with Crippen LogP contribution in [0.15, 0.2) is 18.2 Å². The molecule has 0 radical (unpaired) electrons. The number of benzene rings is 1. The fraction of sp³-hybridized carbons (Fsp3) is 0.636. The molecule has 1 aromatic carbocycles. The van der Waals surface area contributed by atoms with Gasteiger partial charge in [-0.15, -0.1) is 0 Å². The van der Waals surface area contributed by atoms with Crippen molar-refractivity contribution < 1.29 is 30.0 Å². The Morgan fingerprint density at radius 1 is 1.03 bits per heavy atom. The van der Waals surface area contributed by atoms with E-state index in [-0.39, 0.29) is 0 Å². The average Bonchev–Trinajstić information content (AvgIpc) is 3.28. The van der Waals surface area contributed by atoms with Crippen molar-refractivity contribution in [2.24, 2.45) is 5.92 Å². The third-order valence-corrected chi connectivity index (χ3v) is 6.53. The molecule has 1 saturated heterocycles. The molecule has 1 saturated carbocycles. The van der Waals surface area contributed by atoms with Crippen molar-refractivity contribution in [3.8, 4) is 0 Å². The molecule has 0 spiro atoms. The van der Waals surface area contributed by atoms with Crippen LogP contribution in [-0.2, 0) is 16.1 Å². The lowest BCUT2D eigenvalue weighted by molar-refractivity contribution is -0.165. The molecule has 2 aliphatic rings. The largest absolute Gasteiger partial charge is 0.479 e. The summed E-state index contributed by atoms with van der Waals surface area (Å²) in [6.45, 7) is 4.48. The third-order valence-electron chi connectivity index (χ3n) is 5.94. The van der Waals surface area contributed by atoms with Crippen LogP contribution >= 0.6 is 23.2 Å². The number of aliphatic carboxylic acids is 2. The molecule has 0 amide bonds. The summed E-state index contributed by atoms with van der Waals surface area (Å²) in [5.41, 5.74) is 1.21. The van der Waals surface area contributed by atoms with Crippen LogP contribution in [0.5, 0.6) is 0 Å². The number of nitrogens with zero attached hydrogens (tertiary/aromatic N) is 1. The minimum Gasteiger partial charge on any atom is -0.479 e. The first-order valence-corrected chi connectivity index (χ1v) is 11.6. The van der Waals surface area contributed by atoms with E-state index in [0.717, 1.165) is 35.1 Å². The zero-order chi connectivity index (χ0) is 23.7. The first-order valence-electron chi connectivity index (χ1n) is 10.9. The van der Waals surface area contributed by atoms with E-state index in [2.05, 4.69) is 16.3 Å². The molecular formula is C22H32Cl2N2O6. The number of rotatable bonds is 8. The van der Waals surface area contributed by atoms with Gasteiger partial charge in [-0.1, -0.05) is 48.5 Å². The second-order valence-corrected chi connectivity index (χ2v) is 9.23. The highest BCUT2D eigenvalue weighted by Gasteiger charge is 2.29. The molecule has 2 fully saturated rings. The smallest absolute Gasteiger partial charge is 0.335 e. The van der Waals surface area contributed by atoms with Crippen molar-refractivity contribution in [2.75, 3.05) is 19.6 Å². The predicted octanol–water partition coefficient (Wildman–Crippen LogP) is 2.61. The molecule has 32 heavy (non-hydrogen) atoms. The van der Waals surface area contributed by atoms with Gasteiger partial charge in [0.05, 0.1) is 0 Å². The molecule has 180 valence electrons. The Balaban J connectivity index is 0.000000309. The van der Waals surface area contributed by atoms with Crippen molar-refractivity contribution in [1.29, 1.82) is 0 Å². The van der Waals surface area contributed by atoms with Crippen LogP contribution in [0.1, 0.15) is 44.1 Å². The lowest BCUT2D eigenvalue weighted by atomic mass is 9.92. The maximum atomic E-state index is 9.77. The molecule has 3 rings (SSSR count). The van der Waals surface area contributed by atoms with E-state index < -0.39 is 24.1 Å². The Bertz CT molecular complexity index is 736. The molecule has 5 N–H and O–H groups in total. The van der Waals surface area contributed by atoms with Crippen LogP contribution < -0.4 is 5.32 Å². The number of carboxylic acid groups (broad SMARTS) is 2. The van der Waals surface area contributed by atoms with Gasteiger partial charge in [-0.3, -0.25) is 4.90 Å². The highest BCUT2D eigenvalue weighted by atomic mass is 35.5. The Kier molecular flexibility index (Phi) is 11.2. The first kappa shape index (κ1) is 26.8. The second kappa shape index (κ2) is 13.3. The Labute approximate surface area is 198 Å². The lowest BCUT2D eigenvalue weighted by Crippen LogP contribution is -2.40. The molecule has 8 nitrogen and oxygen atoms in total. The van der Waals surface area contributed by atoms with Gasteiger partial charge in [0.2, 0.25) is 0 Å². The van der Waals surface area contributed by atoms with Gasteiger partial charge in [-0.2, -0.15) is 0 Å². The summed E-state index contributed by atoms with van der Waals surface area (Å²) < 4.78 is 0. The van der Waals surface area contributed by atoms with Gasteiger partial charge in [0, 0.05) is 29.2 Å². The Morgan fingerprint density at radius 2 is 1.66 bits per heavy atom. The van der Waals surface area contributed by atoms with Crippen molar-refractivity contribution in [1.82, 2.24) is 10.2 Å². The van der Waals surface area contributed by atoms with Crippen LogP contribution in [0.3, 0.4) is 0 Å². The number of carboxylic acids is 2. The number of hydrogen-bond donors (Lipinski definition) is 5. The summed E-state index contributed by atoms with van der Waals surface area (Å²) in [5, 5.41) is 37.5. The zero-order valence-electron chi connectivity index (χ0n) is 17.9. The summed E-state index contributed by atoms with van der Waals surface area (Å²) in [6.07, 6.45) is 3.59. The van der Waals surface area contributed by atoms with E-state index in [0.29, 0.717) is 0 Å². The van der Waals surface area contributed by atoms with Gasteiger partial charge in [0.25, 0.3) is 0 Å². The number of halogens is 2. The quantitative estimate of drug-likeness (QED) is 0.375. The highest BCUT2D eigenvalue weighted by molar-refractivity contribution is 6.35. The maximum Gasteiger partial charge on any atom is 0.335 e. The van der Waals surface area contributed by atoms with Crippen LogP contribution in [-0.4, -0.2) is 75.1 Å². The van der Waals surface area contributed by atoms with E-state index >= 15 is 0 Å². The standard InChI is InChI=1S/C18H26Cl2N2.C4H6O6/c19-16-7-6-15(18(20)10-16)13-22(12-14-8-9-21-11-14)17-4-2-1-3-5-17;5-1(3(7)8)2(6)4(9)10/h6-7,10,14,17,21H,1-5,8-9,11-13H2;1-2,5-6H,(H,7,8)(H,9,10)/t14-;1-,2-/m01/s1. The lowest BCUT2D eigenvalue weighted by Gasteiger charge is -2.36.